The molecule has 0 spiro atoms. The molecule has 2 rings (SSSR count). The van der Waals surface area contributed by atoms with E-state index in [4.69, 9.17) is 4.74 Å². The molecule has 2 aromatic rings. The summed E-state index contributed by atoms with van der Waals surface area (Å²) in [5.74, 6) is -2.44. The maximum absolute atomic E-state index is 13.9. The van der Waals surface area contributed by atoms with Crippen molar-refractivity contribution in [1.29, 1.82) is 0 Å². The first-order chi connectivity index (χ1) is 8.97. The summed E-state index contributed by atoms with van der Waals surface area (Å²) in [5.41, 5.74) is 0.632. The number of allylic oxidation sites excluding steroid dienone is 1. The predicted molar refractivity (Wildman–Crippen MR) is 77.5 cm³/mol. The fraction of sp³-hybridized carbons (Fsp3) is 0.231. The van der Waals surface area contributed by atoms with Crippen LogP contribution in [0.15, 0.2) is 30.9 Å². The van der Waals surface area contributed by atoms with Gasteiger partial charge in [-0.25, -0.2) is 9.97 Å². The second-order valence-electron chi connectivity index (χ2n) is 3.91. The first-order valence-corrected chi connectivity index (χ1v) is 6.56. The molecule has 0 aliphatic heterocycles. The highest BCUT2D eigenvalue weighted by atomic mass is 127. The van der Waals surface area contributed by atoms with Crippen LogP contribution in [0.5, 0.6) is 5.75 Å². The van der Waals surface area contributed by atoms with Crippen LogP contribution in [0.4, 0.5) is 8.78 Å². The molecule has 0 aliphatic rings. The van der Waals surface area contributed by atoms with Gasteiger partial charge in [0.25, 0.3) is 5.92 Å². The zero-order chi connectivity index (χ0) is 14.0. The molecule has 1 aromatic heterocycles. The van der Waals surface area contributed by atoms with Crippen molar-refractivity contribution in [2.24, 2.45) is 0 Å². The molecule has 0 atom stereocenters. The zero-order valence-electron chi connectivity index (χ0n) is 10.2. The molecule has 0 radical (unpaired) electrons. The Hall–Kier alpha value is -1.31. The van der Waals surface area contributed by atoms with Crippen molar-refractivity contribution in [2.45, 2.75) is 12.3 Å². The van der Waals surface area contributed by atoms with Gasteiger partial charge in [-0.05, 0) is 34.7 Å². The molecule has 0 N–H and O–H groups in total. The molecule has 19 heavy (non-hydrogen) atoms. The number of benzene rings is 1. The molecule has 0 amide bonds. The summed E-state index contributed by atoms with van der Waals surface area (Å²) in [7, 11) is 1.53. The lowest BCUT2D eigenvalue weighted by Crippen LogP contribution is -2.17. The van der Waals surface area contributed by atoms with Crippen LogP contribution in [-0.2, 0) is 5.92 Å². The van der Waals surface area contributed by atoms with Gasteiger partial charge in [-0.15, -0.1) is 6.58 Å². The maximum Gasteiger partial charge on any atom is 0.295 e. The molecular formula is C13H11F2IN2O. The van der Waals surface area contributed by atoms with Crippen LogP contribution < -0.4 is 4.74 Å². The first kappa shape index (κ1) is 14.1. The minimum atomic E-state index is -3.06. The number of halogens is 3. The van der Waals surface area contributed by atoms with Crippen molar-refractivity contribution in [3.63, 3.8) is 0 Å². The molecule has 0 saturated carbocycles. The maximum atomic E-state index is 13.9. The monoisotopic (exact) mass is 376 g/mol. The van der Waals surface area contributed by atoms with Crippen molar-refractivity contribution < 1.29 is 13.5 Å². The molecule has 1 aromatic carbocycles. The lowest BCUT2D eigenvalue weighted by molar-refractivity contribution is -0.00643. The number of ether oxygens (including phenoxy) is 1. The Morgan fingerprint density at radius 2 is 2.11 bits per heavy atom. The quantitative estimate of drug-likeness (QED) is 0.600. The highest BCUT2D eigenvalue weighted by molar-refractivity contribution is 14.1. The van der Waals surface area contributed by atoms with Crippen LogP contribution in [0.1, 0.15) is 12.1 Å². The van der Waals surface area contributed by atoms with Crippen LogP contribution in [0.25, 0.3) is 11.0 Å². The van der Waals surface area contributed by atoms with Crippen LogP contribution in [0.2, 0.25) is 0 Å². The summed E-state index contributed by atoms with van der Waals surface area (Å²) in [6, 6.07) is 4.95. The van der Waals surface area contributed by atoms with E-state index >= 15 is 0 Å². The third-order valence-electron chi connectivity index (χ3n) is 2.58. The highest BCUT2D eigenvalue weighted by Crippen LogP contribution is 2.34. The molecule has 0 bridgehead atoms. The molecule has 0 saturated heterocycles. The Labute approximate surface area is 122 Å². The number of nitrogens with zero attached hydrogens (tertiary/aromatic N) is 2. The second-order valence-corrected chi connectivity index (χ2v) is 4.94. The summed E-state index contributed by atoms with van der Waals surface area (Å²) in [6.07, 6.45) is 0.718. The molecule has 0 unspecified atom stereocenters. The molecule has 0 aliphatic carbocycles. The number of alkyl halides is 2. The summed E-state index contributed by atoms with van der Waals surface area (Å²) in [6.45, 7) is 3.34. The average Bonchev–Trinajstić information content (AvgIpc) is 2.36. The third kappa shape index (κ3) is 2.83. The predicted octanol–water partition coefficient (Wildman–Crippen LogP) is 3.91. The number of rotatable bonds is 4. The van der Waals surface area contributed by atoms with E-state index in [-0.39, 0.29) is 9.39 Å². The number of aromatic nitrogens is 2. The van der Waals surface area contributed by atoms with E-state index in [1.54, 1.807) is 40.8 Å². The van der Waals surface area contributed by atoms with E-state index in [2.05, 4.69) is 16.5 Å². The topological polar surface area (TPSA) is 35.0 Å². The van der Waals surface area contributed by atoms with Gasteiger partial charge in [0.2, 0.25) is 0 Å². The molecule has 3 nitrogen and oxygen atoms in total. The van der Waals surface area contributed by atoms with Gasteiger partial charge in [-0.1, -0.05) is 6.08 Å². The Morgan fingerprint density at radius 1 is 1.37 bits per heavy atom. The highest BCUT2D eigenvalue weighted by Gasteiger charge is 2.35. The Kier molecular flexibility index (Phi) is 3.98. The van der Waals surface area contributed by atoms with Crippen LogP contribution in [0.3, 0.4) is 0 Å². The van der Waals surface area contributed by atoms with Gasteiger partial charge in [-0.2, -0.15) is 8.78 Å². The largest absolute Gasteiger partial charge is 0.497 e. The molecular weight excluding hydrogens is 365 g/mol. The van der Waals surface area contributed by atoms with Gasteiger partial charge in [0.1, 0.15) is 15.1 Å². The summed E-state index contributed by atoms with van der Waals surface area (Å²) in [5, 5.41) is 0. The lowest BCUT2D eigenvalue weighted by atomic mass is 10.1. The number of hydrogen-bond acceptors (Lipinski definition) is 3. The first-order valence-electron chi connectivity index (χ1n) is 5.48. The molecule has 1 heterocycles. The minimum Gasteiger partial charge on any atom is -0.497 e. The van der Waals surface area contributed by atoms with Crippen LogP contribution in [-0.4, -0.2) is 17.1 Å². The van der Waals surface area contributed by atoms with Crippen molar-refractivity contribution in [1.82, 2.24) is 9.97 Å². The fourth-order valence-electron chi connectivity index (χ4n) is 1.65. The van der Waals surface area contributed by atoms with E-state index in [9.17, 15) is 8.78 Å². The number of fused-ring (bicyclic) bond motifs is 1. The van der Waals surface area contributed by atoms with E-state index < -0.39 is 12.3 Å². The molecule has 6 heteroatoms. The van der Waals surface area contributed by atoms with Crippen LogP contribution >= 0.6 is 22.6 Å². The van der Waals surface area contributed by atoms with Crippen molar-refractivity contribution in [2.75, 3.05) is 7.11 Å². The van der Waals surface area contributed by atoms with Crippen LogP contribution in [0, 0.1) is 3.70 Å². The van der Waals surface area contributed by atoms with Gasteiger partial charge in [0.15, 0.2) is 0 Å². The molecule has 0 fully saturated rings. The second kappa shape index (κ2) is 5.36. The summed E-state index contributed by atoms with van der Waals surface area (Å²) >= 11 is 1.77. The lowest BCUT2D eigenvalue weighted by Gasteiger charge is -2.15. The Morgan fingerprint density at radius 3 is 2.74 bits per heavy atom. The van der Waals surface area contributed by atoms with Gasteiger partial charge in [0, 0.05) is 12.5 Å². The standard InChI is InChI=1S/C13H11F2IN2O/c1-3-6-13(14,15)11-12(16)18-10-7-8(19-2)4-5-9(10)17-11/h3-5,7H,1,6H2,2H3. The van der Waals surface area contributed by atoms with E-state index in [0.29, 0.717) is 16.8 Å². The van der Waals surface area contributed by atoms with Crippen molar-refractivity contribution in [3.05, 3.63) is 40.2 Å². The normalized spacial score (nSPS) is 11.6. The number of methoxy groups -OCH3 is 1. The SMILES string of the molecule is C=CCC(F)(F)c1nc2ccc(OC)cc2nc1I. The van der Waals surface area contributed by atoms with Gasteiger partial charge < -0.3 is 4.74 Å². The summed E-state index contributed by atoms with van der Waals surface area (Å²) in [4.78, 5) is 8.18. The van der Waals surface area contributed by atoms with E-state index in [1.807, 2.05) is 0 Å². The van der Waals surface area contributed by atoms with Crippen molar-refractivity contribution >= 4 is 33.6 Å². The Bertz CT molecular complexity index is 631. The number of hydrogen-bond donors (Lipinski definition) is 0. The minimum absolute atomic E-state index is 0.185. The van der Waals surface area contributed by atoms with Gasteiger partial charge >= 0.3 is 0 Å². The Balaban J connectivity index is 2.59. The van der Waals surface area contributed by atoms with Gasteiger partial charge in [-0.3, -0.25) is 0 Å². The fourth-order valence-corrected chi connectivity index (χ4v) is 2.43. The summed E-state index contributed by atoms with van der Waals surface area (Å²) < 4.78 is 33.0. The smallest absolute Gasteiger partial charge is 0.295 e. The zero-order valence-corrected chi connectivity index (χ0v) is 12.3. The van der Waals surface area contributed by atoms with Crippen molar-refractivity contribution in [3.8, 4) is 5.75 Å². The van der Waals surface area contributed by atoms with E-state index in [0.717, 1.165) is 0 Å². The van der Waals surface area contributed by atoms with Gasteiger partial charge in [0.05, 0.1) is 18.1 Å². The average molecular weight is 376 g/mol. The molecule has 100 valence electrons. The third-order valence-corrected chi connectivity index (χ3v) is 3.33. The van der Waals surface area contributed by atoms with E-state index in [1.165, 1.54) is 13.2 Å².